The van der Waals surface area contributed by atoms with Gasteiger partial charge in [0.1, 0.15) is 18.1 Å². The number of nitrogens with zero attached hydrogens (tertiary/aromatic N) is 1. The highest BCUT2D eigenvalue weighted by molar-refractivity contribution is 7.80. The van der Waals surface area contributed by atoms with Crippen molar-refractivity contribution in [3.63, 3.8) is 0 Å². The molecule has 4 atom stereocenters. The predicted octanol–water partition coefficient (Wildman–Crippen LogP) is -3.12. The number of carbonyl (C=O) groups is 6. The van der Waals surface area contributed by atoms with E-state index in [9.17, 15) is 33.9 Å². The van der Waals surface area contributed by atoms with Crippen molar-refractivity contribution in [1.82, 2.24) is 25.9 Å². The summed E-state index contributed by atoms with van der Waals surface area (Å²) in [6, 6.07) is -5.19. The van der Waals surface area contributed by atoms with Gasteiger partial charge in [-0.25, -0.2) is 9.78 Å². The molecule has 0 radical (unpaired) electrons. The van der Waals surface area contributed by atoms with Crippen LogP contribution in [0, 0.1) is 0 Å². The van der Waals surface area contributed by atoms with E-state index in [1.165, 1.54) is 12.5 Å². The van der Waals surface area contributed by atoms with Crippen LogP contribution in [0.3, 0.4) is 0 Å². The van der Waals surface area contributed by atoms with Crippen LogP contribution in [0.2, 0.25) is 0 Å². The molecule has 10 N–H and O–H groups in total. The number of amides is 4. The number of hydrogen-bond acceptors (Lipinski definition) is 9. The Morgan fingerprint density at radius 1 is 0.943 bits per heavy atom. The molecule has 0 spiro atoms. The molecule has 0 aliphatic rings. The van der Waals surface area contributed by atoms with E-state index in [1.807, 2.05) is 0 Å². The maximum atomic E-state index is 12.8. The number of carboxylic acids is 2. The van der Waals surface area contributed by atoms with Gasteiger partial charge in [0.05, 0.1) is 12.4 Å². The van der Waals surface area contributed by atoms with Gasteiger partial charge in [-0.15, -0.1) is 0 Å². The van der Waals surface area contributed by atoms with Crippen LogP contribution in [-0.2, 0) is 35.2 Å². The zero-order valence-corrected chi connectivity index (χ0v) is 19.5. The minimum absolute atomic E-state index is 0.0879. The van der Waals surface area contributed by atoms with Crippen LogP contribution < -0.4 is 27.4 Å². The third-order valence-electron chi connectivity index (χ3n) is 4.72. The Morgan fingerprint density at radius 3 is 2.03 bits per heavy atom. The van der Waals surface area contributed by atoms with Gasteiger partial charge in [0, 0.05) is 36.9 Å². The highest BCUT2D eigenvalue weighted by Gasteiger charge is 2.30. The Bertz CT molecular complexity index is 911. The zero-order valence-electron chi connectivity index (χ0n) is 18.6. The number of carboxylic acid groups (broad SMARTS) is 2. The Hall–Kier alpha value is -3.66. The molecule has 35 heavy (non-hydrogen) atoms. The predicted molar refractivity (Wildman–Crippen MR) is 123 cm³/mol. The minimum atomic E-state index is -1.51. The quantitative estimate of drug-likeness (QED) is 0.1000. The van der Waals surface area contributed by atoms with Gasteiger partial charge in [0.25, 0.3) is 0 Å². The number of aromatic nitrogens is 2. The van der Waals surface area contributed by atoms with Crippen molar-refractivity contribution in [2.75, 3.05) is 5.75 Å². The summed E-state index contributed by atoms with van der Waals surface area (Å²) in [7, 11) is 0. The van der Waals surface area contributed by atoms with Gasteiger partial charge in [-0.05, 0) is 12.8 Å². The number of nitrogens with one attached hydrogen (secondary N) is 4. The Kier molecular flexibility index (Phi) is 12.2. The van der Waals surface area contributed by atoms with Gasteiger partial charge >= 0.3 is 11.9 Å². The third kappa shape index (κ3) is 10.9. The highest BCUT2D eigenvalue weighted by Crippen LogP contribution is 2.04. The molecule has 4 amide bonds. The zero-order chi connectivity index (χ0) is 26.5. The lowest BCUT2D eigenvalue weighted by Gasteiger charge is -2.24. The van der Waals surface area contributed by atoms with Crippen LogP contribution in [0.1, 0.15) is 31.4 Å². The fourth-order valence-corrected chi connectivity index (χ4v) is 3.08. The molecule has 0 aromatic carbocycles. The van der Waals surface area contributed by atoms with Gasteiger partial charge in [-0.2, -0.15) is 12.6 Å². The summed E-state index contributed by atoms with van der Waals surface area (Å²) < 4.78 is 0. The summed E-state index contributed by atoms with van der Waals surface area (Å²) in [5.41, 5.74) is 11.6. The minimum Gasteiger partial charge on any atom is -0.481 e. The van der Waals surface area contributed by atoms with Crippen LogP contribution in [0.5, 0.6) is 0 Å². The van der Waals surface area contributed by atoms with Crippen molar-refractivity contribution in [1.29, 1.82) is 0 Å². The van der Waals surface area contributed by atoms with E-state index >= 15 is 0 Å². The standard InChI is InChI=1S/C19H29N7O8S/c20-10(5-9-6-22-8-23-9)16(30)24-11(1-3-14(21)27)17(31)26-13(7-35)18(32)25-12(19(33)34)2-4-15(28)29/h6,8,10-13,35H,1-5,7,20H2,(H2,21,27)(H,22,23)(H,24,30)(H,25,32)(H,26,31)(H,28,29)(H,33,34). The van der Waals surface area contributed by atoms with Crippen molar-refractivity contribution in [3.8, 4) is 0 Å². The molecule has 194 valence electrons. The monoisotopic (exact) mass is 515 g/mol. The van der Waals surface area contributed by atoms with Crippen molar-refractivity contribution in [2.24, 2.45) is 11.5 Å². The molecule has 1 heterocycles. The normalized spacial score (nSPS) is 14.1. The molecule has 16 heteroatoms. The van der Waals surface area contributed by atoms with Gasteiger partial charge in [0.15, 0.2) is 0 Å². The number of aliphatic carboxylic acids is 2. The largest absolute Gasteiger partial charge is 0.481 e. The highest BCUT2D eigenvalue weighted by atomic mass is 32.1. The number of rotatable bonds is 16. The van der Waals surface area contributed by atoms with Gasteiger partial charge in [-0.1, -0.05) is 0 Å². The number of aromatic amines is 1. The number of imidazole rings is 1. The summed E-state index contributed by atoms with van der Waals surface area (Å²) in [5, 5.41) is 24.8. The first-order chi connectivity index (χ1) is 16.4. The molecule has 0 aliphatic carbocycles. The lowest BCUT2D eigenvalue weighted by Crippen LogP contribution is -2.58. The van der Waals surface area contributed by atoms with Crippen LogP contribution in [-0.4, -0.2) is 85.7 Å². The maximum absolute atomic E-state index is 12.8. The third-order valence-corrected chi connectivity index (χ3v) is 5.09. The lowest BCUT2D eigenvalue weighted by atomic mass is 10.1. The average molecular weight is 516 g/mol. The van der Waals surface area contributed by atoms with Crippen molar-refractivity contribution < 1.29 is 39.0 Å². The molecule has 4 unspecified atom stereocenters. The molecule has 0 saturated heterocycles. The van der Waals surface area contributed by atoms with Gasteiger partial charge in [-0.3, -0.25) is 24.0 Å². The molecule has 0 aliphatic heterocycles. The van der Waals surface area contributed by atoms with Crippen molar-refractivity contribution in [2.45, 2.75) is 56.3 Å². The van der Waals surface area contributed by atoms with E-state index in [0.29, 0.717) is 5.69 Å². The van der Waals surface area contributed by atoms with Crippen LogP contribution in [0.15, 0.2) is 12.5 Å². The number of nitrogens with two attached hydrogens (primary N) is 2. The second kappa shape index (κ2) is 14.6. The van der Waals surface area contributed by atoms with Crippen LogP contribution >= 0.6 is 12.6 Å². The molecule has 0 fully saturated rings. The summed E-state index contributed by atoms with van der Waals surface area (Å²) in [4.78, 5) is 77.6. The number of thiol groups is 1. The second-order valence-corrected chi connectivity index (χ2v) is 7.89. The SMILES string of the molecule is NC(=O)CCC(NC(=O)C(N)Cc1cnc[nH]1)C(=O)NC(CS)C(=O)NC(CCC(=O)O)C(=O)O. The smallest absolute Gasteiger partial charge is 0.326 e. The van der Waals surface area contributed by atoms with E-state index in [2.05, 4.69) is 38.5 Å². The second-order valence-electron chi connectivity index (χ2n) is 7.53. The summed E-state index contributed by atoms with van der Waals surface area (Å²) in [6.45, 7) is 0. The first-order valence-corrected chi connectivity index (χ1v) is 11.1. The van der Waals surface area contributed by atoms with Crippen LogP contribution in [0.4, 0.5) is 0 Å². The fourth-order valence-electron chi connectivity index (χ4n) is 2.82. The molecule has 1 rings (SSSR count). The van der Waals surface area contributed by atoms with E-state index in [1.54, 1.807) is 0 Å². The van der Waals surface area contributed by atoms with Crippen molar-refractivity contribution in [3.05, 3.63) is 18.2 Å². The summed E-state index contributed by atoms with van der Waals surface area (Å²) >= 11 is 3.99. The first kappa shape index (κ1) is 29.4. The van der Waals surface area contributed by atoms with Crippen molar-refractivity contribution >= 4 is 48.2 Å². The first-order valence-electron chi connectivity index (χ1n) is 10.4. The van der Waals surface area contributed by atoms with E-state index < -0.39 is 66.2 Å². The molecular weight excluding hydrogens is 486 g/mol. The molecule has 1 aromatic rings. The Morgan fingerprint density at radius 2 is 1.51 bits per heavy atom. The van der Waals surface area contributed by atoms with Gasteiger partial charge < -0.3 is 42.6 Å². The molecule has 0 bridgehead atoms. The molecule has 0 saturated carbocycles. The van der Waals surface area contributed by atoms with E-state index in [-0.39, 0.29) is 31.4 Å². The van der Waals surface area contributed by atoms with E-state index in [4.69, 9.17) is 16.6 Å². The molecular formula is C19H29N7O8S. The number of carbonyl (C=O) groups excluding carboxylic acids is 4. The number of primary amides is 1. The Labute approximate surface area is 205 Å². The number of hydrogen-bond donors (Lipinski definition) is 9. The van der Waals surface area contributed by atoms with Crippen LogP contribution in [0.25, 0.3) is 0 Å². The summed E-state index contributed by atoms with van der Waals surface area (Å²) in [5.74, 6) is -6.19. The molecule has 1 aromatic heterocycles. The molecule has 15 nitrogen and oxygen atoms in total. The number of H-pyrrole nitrogens is 1. The summed E-state index contributed by atoms with van der Waals surface area (Å²) in [6.07, 6.45) is 1.63. The maximum Gasteiger partial charge on any atom is 0.326 e. The fraction of sp³-hybridized carbons (Fsp3) is 0.526. The lowest BCUT2D eigenvalue weighted by molar-refractivity contribution is -0.143. The van der Waals surface area contributed by atoms with Gasteiger partial charge in [0.2, 0.25) is 23.6 Å². The Balaban J connectivity index is 2.85. The average Bonchev–Trinajstić information content (AvgIpc) is 3.29. The topological polar surface area (TPSA) is 260 Å². The van der Waals surface area contributed by atoms with E-state index in [0.717, 1.165) is 0 Å².